The van der Waals surface area contributed by atoms with Crippen LogP contribution in [0.4, 0.5) is 0 Å². The lowest BCUT2D eigenvalue weighted by Crippen LogP contribution is -2.53. The molecule has 21 heavy (non-hydrogen) atoms. The lowest BCUT2D eigenvalue weighted by atomic mass is 10.1. The van der Waals surface area contributed by atoms with E-state index in [0.717, 1.165) is 13.0 Å². The van der Waals surface area contributed by atoms with Gasteiger partial charge in [0.1, 0.15) is 5.69 Å². The average molecular weight is 293 g/mol. The molecule has 116 valence electrons. The Morgan fingerprint density at radius 3 is 2.52 bits per heavy atom. The van der Waals surface area contributed by atoms with Crippen LogP contribution in [0.3, 0.4) is 0 Å². The van der Waals surface area contributed by atoms with E-state index in [1.54, 1.807) is 13.8 Å². The quantitative estimate of drug-likeness (QED) is 0.885. The van der Waals surface area contributed by atoms with E-state index in [1.165, 1.54) is 0 Å². The Morgan fingerprint density at radius 2 is 2.00 bits per heavy atom. The van der Waals surface area contributed by atoms with E-state index in [9.17, 15) is 9.59 Å². The van der Waals surface area contributed by atoms with Gasteiger partial charge in [0.15, 0.2) is 0 Å². The number of carboxylic acids is 1. The third kappa shape index (κ3) is 2.81. The molecule has 1 saturated heterocycles. The zero-order chi connectivity index (χ0) is 15.7. The van der Waals surface area contributed by atoms with Gasteiger partial charge in [0.25, 0.3) is 5.91 Å². The molecule has 0 aromatic carbocycles. The van der Waals surface area contributed by atoms with Crippen LogP contribution in [0.15, 0.2) is 0 Å². The minimum Gasteiger partial charge on any atom is -0.477 e. The van der Waals surface area contributed by atoms with Gasteiger partial charge in [-0.3, -0.25) is 9.69 Å². The second-order valence-electron chi connectivity index (χ2n) is 5.72. The molecule has 1 atom stereocenters. The number of piperazine rings is 1. The number of rotatable bonds is 3. The molecule has 1 unspecified atom stereocenters. The molecule has 6 heteroatoms. The van der Waals surface area contributed by atoms with Gasteiger partial charge >= 0.3 is 5.97 Å². The number of carbonyl (C=O) groups excluding carboxylic acids is 1. The van der Waals surface area contributed by atoms with Gasteiger partial charge < -0.3 is 15.0 Å². The normalized spacial score (nSPS) is 19.8. The van der Waals surface area contributed by atoms with Crippen LogP contribution in [0, 0.1) is 13.8 Å². The SMILES string of the molecule is CCC1CN(C(=O)c2c(C)[nH]c(C(=O)O)c2C)CCN1C. The van der Waals surface area contributed by atoms with Crippen LogP contribution in [0.25, 0.3) is 0 Å². The van der Waals surface area contributed by atoms with Crippen molar-refractivity contribution < 1.29 is 14.7 Å². The first-order valence-corrected chi connectivity index (χ1v) is 7.28. The highest BCUT2D eigenvalue weighted by Crippen LogP contribution is 2.22. The van der Waals surface area contributed by atoms with Crippen molar-refractivity contribution in [3.05, 3.63) is 22.5 Å². The van der Waals surface area contributed by atoms with Gasteiger partial charge in [-0.2, -0.15) is 0 Å². The summed E-state index contributed by atoms with van der Waals surface area (Å²) in [5.41, 5.74) is 1.77. The standard InChI is InChI=1S/C15H23N3O3/c1-5-11-8-18(7-6-17(11)4)14(19)12-9(2)13(15(20)21)16-10(12)3/h11,16H,5-8H2,1-4H3,(H,20,21). The number of aromatic nitrogens is 1. The van der Waals surface area contributed by atoms with Gasteiger partial charge in [-0.25, -0.2) is 4.79 Å². The zero-order valence-corrected chi connectivity index (χ0v) is 13.1. The smallest absolute Gasteiger partial charge is 0.352 e. The van der Waals surface area contributed by atoms with Crippen LogP contribution in [0.5, 0.6) is 0 Å². The summed E-state index contributed by atoms with van der Waals surface area (Å²) in [7, 11) is 2.07. The van der Waals surface area contributed by atoms with Crippen LogP contribution in [0.1, 0.15) is 45.4 Å². The molecule has 1 amide bonds. The first-order chi connectivity index (χ1) is 9.86. The van der Waals surface area contributed by atoms with E-state index in [4.69, 9.17) is 5.11 Å². The Morgan fingerprint density at radius 1 is 1.33 bits per heavy atom. The Kier molecular flexibility index (Phi) is 4.37. The molecule has 0 spiro atoms. The van der Waals surface area contributed by atoms with Crippen molar-refractivity contribution in [2.45, 2.75) is 33.2 Å². The molecule has 1 aromatic rings. The lowest BCUT2D eigenvalue weighted by molar-refractivity contribution is 0.0540. The Balaban J connectivity index is 2.27. The lowest BCUT2D eigenvalue weighted by Gasteiger charge is -2.39. The fourth-order valence-electron chi connectivity index (χ4n) is 3.01. The predicted octanol–water partition coefficient (Wildman–Crippen LogP) is 1.50. The van der Waals surface area contributed by atoms with E-state index in [0.29, 0.717) is 36.0 Å². The molecular weight excluding hydrogens is 270 g/mol. The predicted molar refractivity (Wildman–Crippen MR) is 79.8 cm³/mol. The molecule has 0 radical (unpaired) electrons. The number of carbonyl (C=O) groups is 2. The number of carboxylic acid groups (broad SMARTS) is 1. The third-order valence-electron chi connectivity index (χ3n) is 4.40. The number of aromatic amines is 1. The molecule has 2 heterocycles. The zero-order valence-electron chi connectivity index (χ0n) is 13.1. The van der Waals surface area contributed by atoms with Crippen LogP contribution in [-0.4, -0.2) is 64.5 Å². The summed E-state index contributed by atoms with van der Waals surface area (Å²) in [5, 5.41) is 9.15. The summed E-state index contributed by atoms with van der Waals surface area (Å²) >= 11 is 0. The first kappa shape index (κ1) is 15.6. The summed E-state index contributed by atoms with van der Waals surface area (Å²) < 4.78 is 0. The summed E-state index contributed by atoms with van der Waals surface area (Å²) in [6.45, 7) is 7.77. The highest BCUT2D eigenvalue weighted by atomic mass is 16.4. The number of likely N-dealkylation sites (N-methyl/N-ethyl adjacent to an activating group) is 1. The van der Waals surface area contributed by atoms with Gasteiger partial charge in [0.05, 0.1) is 5.56 Å². The minimum atomic E-state index is -1.03. The summed E-state index contributed by atoms with van der Waals surface area (Å²) in [6, 6.07) is 0.362. The molecule has 2 N–H and O–H groups in total. The van der Waals surface area contributed by atoms with Crippen molar-refractivity contribution >= 4 is 11.9 Å². The van der Waals surface area contributed by atoms with Crippen molar-refractivity contribution in [3.8, 4) is 0 Å². The largest absolute Gasteiger partial charge is 0.477 e. The van der Waals surface area contributed by atoms with Crippen molar-refractivity contribution in [1.82, 2.24) is 14.8 Å². The first-order valence-electron chi connectivity index (χ1n) is 7.28. The van der Waals surface area contributed by atoms with Gasteiger partial charge in [0.2, 0.25) is 0 Å². The van der Waals surface area contributed by atoms with Crippen molar-refractivity contribution in [2.75, 3.05) is 26.7 Å². The maximum absolute atomic E-state index is 12.7. The number of hydrogen-bond acceptors (Lipinski definition) is 3. The number of aromatic carboxylic acids is 1. The topological polar surface area (TPSA) is 76.6 Å². The van der Waals surface area contributed by atoms with Crippen molar-refractivity contribution in [3.63, 3.8) is 0 Å². The number of hydrogen-bond donors (Lipinski definition) is 2. The molecule has 1 aliphatic rings. The molecular formula is C15H23N3O3. The second kappa shape index (κ2) is 5.89. The number of H-pyrrole nitrogens is 1. The van der Waals surface area contributed by atoms with E-state index >= 15 is 0 Å². The van der Waals surface area contributed by atoms with Gasteiger partial charge in [-0.05, 0) is 32.9 Å². The number of nitrogens with zero attached hydrogens (tertiary/aromatic N) is 2. The van der Waals surface area contributed by atoms with Crippen LogP contribution in [-0.2, 0) is 0 Å². The number of amides is 1. The third-order valence-corrected chi connectivity index (χ3v) is 4.40. The summed E-state index contributed by atoms with van der Waals surface area (Å²) in [6.07, 6.45) is 0.992. The van der Waals surface area contributed by atoms with Crippen LogP contribution in [0.2, 0.25) is 0 Å². The Labute approximate surface area is 124 Å². The minimum absolute atomic E-state index is 0.0692. The number of aryl methyl sites for hydroxylation is 1. The van der Waals surface area contributed by atoms with E-state index in [-0.39, 0.29) is 11.6 Å². The van der Waals surface area contributed by atoms with Gasteiger partial charge in [-0.15, -0.1) is 0 Å². The Hall–Kier alpha value is -1.82. The summed E-state index contributed by atoms with van der Waals surface area (Å²) in [5.74, 6) is -1.10. The van der Waals surface area contributed by atoms with E-state index in [2.05, 4.69) is 23.9 Å². The monoisotopic (exact) mass is 293 g/mol. The average Bonchev–Trinajstić information content (AvgIpc) is 2.74. The second-order valence-corrected chi connectivity index (χ2v) is 5.72. The maximum Gasteiger partial charge on any atom is 0.352 e. The molecule has 1 fully saturated rings. The highest BCUT2D eigenvalue weighted by Gasteiger charge is 2.30. The fourth-order valence-corrected chi connectivity index (χ4v) is 3.01. The van der Waals surface area contributed by atoms with Crippen molar-refractivity contribution in [2.24, 2.45) is 0 Å². The molecule has 1 aromatic heterocycles. The van der Waals surface area contributed by atoms with Crippen LogP contribution < -0.4 is 0 Å². The van der Waals surface area contributed by atoms with E-state index < -0.39 is 5.97 Å². The molecule has 0 aliphatic carbocycles. The van der Waals surface area contributed by atoms with Crippen molar-refractivity contribution in [1.29, 1.82) is 0 Å². The molecule has 0 saturated carbocycles. The van der Waals surface area contributed by atoms with Crippen LogP contribution >= 0.6 is 0 Å². The van der Waals surface area contributed by atoms with Gasteiger partial charge in [0, 0.05) is 31.4 Å². The fraction of sp³-hybridized carbons (Fsp3) is 0.600. The maximum atomic E-state index is 12.7. The highest BCUT2D eigenvalue weighted by molar-refractivity contribution is 6.00. The van der Waals surface area contributed by atoms with Gasteiger partial charge in [-0.1, -0.05) is 6.92 Å². The molecule has 1 aliphatic heterocycles. The number of nitrogens with one attached hydrogen (secondary N) is 1. The molecule has 0 bridgehead atoms. The summed E-state index contributed by atoms with van der Waals surface area (Å²) in [4.78, 5) is 30.8. The Bertz CT molecular complexity index is 565. The molecule has 6 nitrogen and oxygen atoms in total. The van der Waals surface area contributed by atoms with E-state index in [1.807, 2.05) is 4.90 Å². The molecule has 2 rings (SSSR count).